The first-order chi connectivity index (χ1) is 10.7. The average Bonchev–Trinajstić information content (AvgIpc) is 3.02. The average molecular weight is 352 g/mol. The number of nitrogens with two attached hydrogens (primary N) is 1. The van der Waals surface area contributed by atoms with Crippen LogP contribution < -0.4 is 5.73 Å². The minimum absolute atomic E-state index is 0.443. The summed E-state index contributed by atoms with van der Waals surface area (Å²) in [6.45, 7) is 0.443. The lowest BCUT2D eigenvalue weighted by molar-refractivity contribution is 0.670. The minimum Gasteiger partial charge on any atom is -0.325 e. The first kappa shape index (κ1) is 14.5. The molecule has 0 saturated carbocycles. The van der Waals surface area contributed by atoms with Crippen LogP contribution in [0.5, 0.6) is 0 Å². The highest BCUT2D eigenvalue weighted by atomic mass is 35.5. The third-order valence-corrected chi connectivity index (χ3v) is 5.89. The number of nitrogens with zero attached hydrogens (tertiary/aromatic N) is 2. The summed E-state index contributed by atoms with van der Waals surface area (Å²) < 4.78 is 2.25. The van der Waals surface area contributed by atoms with E-state index in [2.05, 4.69) is 4.40 Å². The van der Waals surface area contributed by atoms with Crippen LogP contribution in [-0.4, -0.2) is 9.38 Å². The van der Waals surface area contributed by atoms with E-state index in [0.717, 1.165) is 34.8 Å². The van der Waals surface area contributed by atoms with E-state index >= 15 is 0 Å². The summed E-state index contributed by atoms with van der Waals surface area (Å²) in [4.78, 5) is 7.30. The van der Waals surface area contributed by atoms with Crippen LogP contribution in [0.4, 0.5) is 0 Å². The van der Waals surface area contributed by atoms with Crippen LogP contribution in [-0.2, 0) is 19.4 Å². The van der Waals surface area contributed by atoms with Gasteiger partial charge in [-0.05, 0) is 43.9 Å². The molecule has 0 fully saturated rings. The molecule has 0 bridgehead atoms. The summed E-state index contributed by atoms with van der Waals surface area (Å²) in [7, 11) is 0. The Bertz CT molecular complexity index is 866. The Kier molecular flexibility index (Phi) is 3.65. The van der Waals surface area contributed by atoms with Crippen molar-refractivity contribution in [1.29, 1.82) is 0 Å². The largest absolute Gasteiger partial charge is 0.325 e. The first-order valence-corrected chi connectivity index (χ1v) is 8.93. The van der Waals surface area contributed by atoms with Gasteiger partial charge in [0.2, 0.25) is 0 Å². The van der Waals surface area contributed by atoms with E-state index in [9.17, 15) is 0 Å². The van der Waals surface area contributed by atoms with Crippen molar-refractivity contribution >= 4 is 39.5 Å². The number of aromatic nitrogens is 2. The number of rotatable bonds is 2. The molecule has 3 aromatic rings. The Morgan fingerprint density at radius 1 is 1.23 bits per heavy atom. The second-order valence-corrected chi connectivity index (χ2v) is 7.44. The summed E-state index contributed by atoms with van der Waals surface area (Å²) in [5.41, 5.74) is 10.2. The fraction of sp³-hybridized carbons (Fsp3) is 0.312. The van der Waals surface area contributed by atoms with Crippen LogP contribution in [0.1, 0.15) is 29.1 Å². The van der Waals surface area contributed by atoms with Gasteiger partial charge in [-0.3, -0.25) is 4.40 Å². The number of aryl methyl sites for hydroxylation is 2. The molecule has 1 aliphatic carbocycles. The smallest absolute Gasteiger partial charge is 0.194 e. The highest BCUT2D eigenvalue weighted by Gasteiger charge is 2.23. The fourth-order valence-electron chi connectivity index (χ4n) is 3.18. The topological polar surface area (TPSA) is 43.3 Å². The first-order valence-electron chi connectivity index (χ1n) is 7.36. The molecule has 0 atom stereocenters. The van der Waals surface area contributed by atoms with Crippen LogP contribution in [0.25, 0.3) is 16.2 Å². The third-order valence-electron chi connectivity index (χ3n) is 4.20. The lowest BCUT2D eigenvalue weighted by Crippen LogP contribution is -2.08. The third kappa shape index (κ3) is 2.17. The minimum atomic E-state index is 0.443. The van der Waals surface area contributed by atoms with Crippen molar-refractivity contribution < 1.29 is 0 Å². The van der Waals surface area contributed by atoms with Crippen molar-refractivity contribution in [2.75, 3.05) is 0 Å². The molecule has 0 radical (unpaired) electrons. The van der Waals surface area contributed by atoms with E-state index in [0.29, 0.717) is 16.6 Å². The number of halogens is 2. The molecule has 2 aromatic heterocycles. The van der Waals surface area contributed by atoms with Crippen LogP contribution in [0.15, 0.2) is 18.2 Å². The van der Waals surface area contributed by atoms with Gasteiger partial charge in [0.25, 0.3) is 0 Å². The van der Waals surface area contributed by atoms with Crippen LogP contribution in [0, 0.1) is 0 Å². The van der Waals surface area contributed by atoms with Gasteiger partial charge < -0.3 is 5.73 Å². The van der Waals surface area contributed by atoms with Gasteiger partial charge in [0.1, 0.15) is 0 Å². The molecular weight excluding hydrogens is 337 g/mol. The number of thiazole rings is 1. The molecule has 1 aromatic carbocycles. The lowest BCUT2D eigenvalue weighted by atomic mass is 10.0. The second kappa shape index (κ2) is 5.53. The Hall–Kier alpha value is -1.07. The summed E-state index contributed by atoms with van der Waals surface area (Å²) in [5, 5.41) is 1.24. The monoisotopic (exact) mass is 351 g/mol. The van der Waals surface area contributed by atoms with Crippen molar-refractivity contribution in [1.82, 2.24) is 9.38 Å². The van der Waals surface area contributed by atoms with E-state index in [1.54, 1.807) is 17.4 Å². The second-order valence-electron chi connectivity index (χ2n) is 5.53. The predicted molar refractivity (Wildman–Crippen MR) is 93.1 cm³/mol. The molecule has 1 aliphatic rings. The van der Waals surface area contributed by atoms with E-state index in [1.165, 1.54) is 23.4 Å². The Morgan fingerprint density at radius 2 is 2.05 bits per heavy atom. The molecule has 3 nitrogen and oxygen atoms in total. The van der Waals surface area contributed by atoms with Gasteiger partial charge in [0.15, 0.2) is 4.96 Å². The van der Waals surface area contributed by atoms with Gasteiger partial charge in [-0.1, -0.05) is 23.2 Å². The molecule has 0 aliphatic heterocycles. The van der Waals surface area contributed by atoms with Crippen LogP contribution in [0.3, 0.4) is 0 Å². The maximum absolute atomic E-state index is 6.36. The molecule has 0 spiro atoms. The quantitative estimate of drug-likeness (QED) is 0.726. The van der Waals surface area contributed by atoms with E-state index < -0.39 is 0 Å². The maximum Gasteiger partial charge on any atom is 0.194 e. The van der Waals surface area contributed by atoms with Gasteiger partial charge in [0.05, 0.1) is 16.4 Å². The number of fused-ring (bicyclic) bond motifs is 3. The fourth-order valence-corrected chi connectivity index (χ4v) is 4.91. The van der Waals surface area contributed by atoms with Gasteiger partial charge in [-0.25, -0.2) is 4.98 Å². The van der Waals surface area contributed by atoms with E-state index in [1.807, 2.05) is 12.1 Å². The van der Waals surface area contributed by atoms with Gasteiger partial charge in [-0.2, -0.15) is 0 Å². The molecule has 0 unspecified atom stereocenters. The Balaban J connectivity index is 1.97. The van der Waals surface area contributed by atoms with Gasteiger partial charge in [-0.15, -0.1) is 11.3 Å². The summed E-state index contributed by atoms with van der Waals surface area (Å²) >= 11 is 14.1. The highest BCUT2D eigenvalue weighted by molar-refractivity contribution is 7.17. The molecule has 0 amide bonds. The van der Waals surface area contributed by atoms with Crippen molar-refractivity contribution in [3.05, 3.63) is 44.5 Å². The van der Waals surface area contributed by atoms with Crippen molar-refractivity contribution in [3.63, 3.8) is 0 Å². The number of hydrogen-bond acceptors (Lipinski definition) is 3. The standard InChI is InChI=1S/C16H15Cl2N3S/c17-9-5-6-10(11(18)7-9)15-13(8-19)21-12-3-1-2-4-14(12)22-16(21)20-15/h5-7H,1-4,8,19H2. The zero-order valence-electron chi connectivity index (χ0n) is 11.9. The zero-order valence-corrected chi connectivity index (χ0v) is 14.2. The number of benzene rings is 1. The molecule has 0 saturated heterocycles. The molecule has 2 N–H and O–H groups in total. The number of imidazole rings is 1. The molecule has 6 heteroatoms. The predicted octanol–water partition coefficient (Wildman–Crippen LogP) is 4.71. The van der Waals surface area contributed by atoms with E-state index in [-0.39, 0.29) is 0 Å². The summed E-state index contributed by atoms with van der Waals surface area (Å²) in [5.74, 6) is 0. The summed E-state index contributed by atoms with van der Waals surface area (Å²) in [6.07, 6.45) is 4.76. The molecule has 22 heavy (non-hydrogen) atoms. The SMILES string of the molecule is NCc1c(-c2ccc(Cl)cc2Cl)nc2sc3c(n12)CCCC3. The zero-order chi connectivity index (χ0) is 15.3. The maximum atomic E-state index is 6.36. The van der Waals surface area contributed by atoms with Crippen molar-refractivity contribution in [3.8, 4) is 11.3 Å². The molecule has 114 valence electrons. The summed E-state index contributed by atoms with van der Waals surface area (Å²) in [6, 6.07) is 5.51. The van der Waals surface area contributed by atoms with Crippen molar-refractivity contribution in [2.45, 2.75) is 32.2 Å². The Labute approximate surface area is 142 Å². The molecular formula is C16H15Cl2N3S. The molecule has 4 rings (SSSR count). The number of hydrogen-bond donors (Lipinski definition) is 1. The Morgan fingerprint density at radius 3 is 2.82 bits per heavy atom. The van der Waals surface area contributed by atoms with Gasteiger partial charge in [0, 0.05) is 27.7 Å². The highest BCUT2D eigenvalue weighted by Crippen LogP contribution is 2.37. The molecule has 2 heterocycles. The van der Waals surface area contributed by atoms with Crippen LogP contribution in [0.2, 0.25) is 10.0 Å². The lowest BCUT2D eigenvalue weighted by Gasteiger charge is -2.12. The van der Waals surface area contributed by atoms with Crippen molar-refractivity contribution in [2.24, 2.45) is 5.73 Å². The normalized spacial score (nSPS) is 14.5. The van der Waals surface area contributed by atoms with Gasteiger partial charge >= 0.3 is 0 Å². The van der Waals surface area contributed by atoms with Crippen LogP contribution >= 0.6 is 34.5 Å². The van der Waals surface area contributed by atoms with E-state index in [4.69, 9.17) is 33.9 Å².